The van der Waals surface area contributed by atoms with Crippen LogP contribution in [0.1, 0.15) is 40.8 Å². The zero-order valence-electron chi connectivity index (χ0n) is 12.0. The van der Waals surface area contributed by atoms with Gasteiger partial charge >= 0.3 is 5.97 Å². The summed E-state index contributed by atoms with van der Waals surface area (Å²) in [6, 6.07) is 4.31. The molecule has 3 heteroatoms. The number of aryl methyl sites for hydroxylation is 4. The van der Waals surface area contributed by atoms with Gasteiger partial charge in [0.25, 0.3) is 0 Å². The van der Waals surface area contributed by atoms with Crippen LogP contribution in [0.25, 0.3) is 10.9 Å². The van der Waals surface area contributed by atoms with E-state index in [1.54, 1.807) is 0 Å². The minimum Gasteiger partial charge on any atom is -0.481 e. The number of aliphatic carboxylic acids is 1. The molecule has 0 fully saturated rings. The number of hydrogen-bond donors (Lipinski definition) is 1. The van der Waals surface area contributed by atoms with Crippen molar-refractivity contribution in [2.45, 2.75) is 46.0 Å². The summed E-state index contributed by atoms with van der Waals surface area (Å²) >= 11 is 0. The van der Waals surface area contributed by atoms with Crippen molar-refractivity contribution in [3.05, 3.63) is 40.1 Å². The Bertz CT molecular complexity index is 704. The Morgan fingerprint density at radius 3 is 2.85 bits per heavy atom. The number of carbonyl (C=O) groups is 1. The lowest BCUT2D eigenvalue weighted by atomic mass is 9.94. The molecule has 104 valence electrons. The molecule has 0 bridgehead atoms. The molecule has 1 aliphatic rings. The molecule has 0 radical (unpaired) electrons. The smallest absolute Gasteiger partial charge is 0.303 e. The average Bonchev–Trinajstić information content (AvgIpc) is 2.83. The van der Waals surface area contributed by atoms with Gasteiger partial charge in [-0.15, -0.1) is 0 Å². The van der Waals surface area contributed by atoms with Crippen molar-refractivity contribution >= 4 is 16.9 Å². The van der Waals surface area contributed by atoms with Gasteiger partial charge < -0.3 is 5.11 Å². The Hall–Kier alpha value is -1.90. The fraction of sp³-hybridized carbons (Fsp3) is 0.412. The van der Waals surface area contributed by atoms with Crippen LogP contribution in [0.3, 0.4) is 0 Å². The van der Waals surface area contributed by atoms with Gasteiger partial charge in [-0.3, -0.25) is 9.78 Å². The summed E-state index contributed by atoms with van der Waals surface area (Å²) in [5.74, 6) is -0.730. The van der Waals surface area contributed by atoms with Gasteiger partial charge in [0.1, 0.15) is 0 Å². The minimum absolute atomic E-state index is 0.193. The largest absolute Gasteiger partial charge is 0.481 e. The molecule has 0 amide bonds. The molecular weight excluding hydrogens is 250 g/mol. The molecule has 0 spiro atoms. The molecule has 1 aromatic heterocycles. The van der Waals surface area contributed by atoms with E-state index in [1.807, 2.05) is 0 Å². The maximum Gasteiger partial charge on any atom is 0.303 e. The normalized spacial score (nSPS) is 13.7. The van der Waals surface area contributed by atoms with Crippen LogP contribution in [-0.2, 0) is 24.1 Å². The van der Waals surface area contributed by atoms with Crippen molar-refractivity contribution in [1.82, 2.24) is 4.98 Å². The maximum atomic E-state index is 10.9. The topological polar surface area (TPSA) is 50.2 Å². The van der Waals surface area contributed by atoms with Gasteiger partial charge in [0.05, 0.1) is 5.52 Å². The minimum atomic E-state index is -0.730. The Labute approximate surface area is 118 Å². The third-order valence-corrected chi connectivity index (χ3v) is 4.16. The maximum absolute atomic E-state index is 10.9. The predicted octanol–water partition coefficient (Wildman–Crippen LogP) is 3.36. The highest BCUT2D eigenvalue weighted by molar-refractivity contribution is 5.87. The summed E-state index contributed by atoms with van der Waals surface area (Å²) in [5, 5.41) is 10.1. The van der Waals surface area contributed by atoms with Gasteiger partial charge in [-0.05, 0) is 62.3 Å². The average molecular weight is 269 g/mol. The molecule has 0 saturated carbocycles. The number of carboxylic acid groups (broad SMARTS) is 1. The van der Waals surface area contributed by atoms with E-state index >= 15 is 0 Å². The first-order valence-electron chi connectivity index (χ1n) is 7.19. The number of carboxylic acids is 1. The van der Waals surface area contributed by atoms with Gasteiger partial charge in [-0.2, -0.15) is 0 Å². The number of nitrogens with zero attached hydrogens (tertiary/aromatic N) is 1. The Morgan fingerprint density at radius 2 is 2.10 bits per heavy atom. The highest BCUT2D eigenvalue weighted by Crippen LogP contribution is 2.32. The fourth-order valence-corrected chi connectivity index (χ4v) is 3.33. The van der Waals surface area contributed by atoms with Gasteiger partial charge in [0, 0.05) is 17.5 Å². The van der Waals surface area contributed by atoms with E-state index in [0.717, 1.165) is 30.2 Å². The zero-order valence-corrected chi connectivity index (χ0v) is 12.0. The molecule has 1 heterocycles. The van der Waals surface area contributed by atoms with E-state index in [9.17, 15) is 4.79 Å². The van der Waals surface area contributed by atoms with Crippen molar-refractivity contribution < 1.29 is 9.90 Å². The SMILES string of the molecule is Cc1cc(C)c2nc3c(c(CCC(=O)O)c2c1)CCC3. The van der Waals surface area contributed by atoms with Crippen LogP contribution in [-0.4, -0.2) is 16.1 Å². The second-order valence-corrected chi connectivity index (χ2v) is 5.74. The van der Waals surface area contributed by atoms with E-state index in [1.165, 1.54) is 27.9 Å². The van der Waals surface area contributed by atoms with E-state index in [-0.39, 0.29) is 6.42 Å². The van der Waals surface area contributed by atoms with E-state index in [2.05, 4.69) is 26.0 Å². The second-order valence-electron chi connectivity index (χ2n) is 5.74. The molecule has 0 atom stereocenters. The van der Waals surface area contributed by atoms with Gasteiger partial charge in [0.15, 0.2) is 0 Å². The van der Waals surface area contributed by atoms with E-state index in [0.29, 0.717) is 6.42 Å². The number of rotatable bonds is 3. The summed E-state index contributed by atoms with van der Waals surface area (Å²) in [6.45, 7) is 4.17. The molecule has 2 aromatic rings. The third kappa shape index (κ3) is 2.17. The van der Waals surface area contributed by atoms with Crippen LogP contribution in [0.5, 0.6) is 0 Å². The third-order valence-electron chi connectivity index (χ3n) is 4.16. The number of hydrogen-bond acceptors (Lipinski definition) is 2. The lowest BCUT2D eigenvalue weighted by Gasteiger charge is -2.14. The quantitative estimate of drug-likeness (QED) is 0.929. The number of pyridine rings is 1. The summed E-state index contributed by atoms with van der Waals surface area (Å²) in [7, 11) is 0. The molecule has 3 rings (SSSR count). The number of aromatic nitrogens is 1. The highest BCUT2D eigenvalue weighted by atomic mass is 16.4. The van der Waals surface area contributed by atoms with E-state index in [4.69, 9.17) is 10.1 Å². The summed E-state index contributed by atoms with van der Waals surface area (Å²) < 4.78 is 0. The second kappa shape index (κ2) is 4.89. The molecule has 1 N–H and O–H groups in total. The first kappa shape index (κ1) is 13.1. The lowest BCUT2D eigenvalue weighted by Crippen LogP contribution is -2.04. The molecule has 0 saturated heterocycles. The van der Waals surface area contributed by atoms with Gasteiger partial charge in [0.2, 0.25) is 0 Å². The van der Waals surface area contributed by atoms with Crippen molar-refractivity contribution in [1.29, 1.82) is 0 Å². The van der Waals surface area contributed by atoms with Crippen LogP contribution >= 0.6 is 0 Å². The number of fused-ring (bicyclic) bond motifs is 2. The van der Waals surface area contributed by atoms with Gasteiger partial charge in [-0.25, -0.2) is 0 Å². The Morgan fingerprint density at radius 1 is 1.30 bits per heavy atom. The van der Waals surface area contributed by atoms with Crippen LogP contribution in [0.4, 0.5) is 0 Å². The number of benzene rings is 1. The highest BCUT2D eigenvalue weighted by Gasteiger charge is 2.20. The van der Waals surface area contributed by atoms with Crippen LogP contribution < -0.4 is 0 Å². The molecular formula is C17H19NO2. The zero-order chi connectivity index (χ0) is 14.3. The molecule has 1 aliphatic carbocycles. The molecule has 0 unspecified atom stereocenters. The summed E-state index contributed by atoms with van der Waals surface area (Å²) in [4.78, 5) is 15.8. The van der Waals surface area contributed by atoms with Crippen molar-refractivity contribution in [2.75, 3.05) is 0 Å². The molecule has 0 aliphatic heterocycles. The van der Waals surface area contributed by atoms with Crippen molar-refractivity contribution in [3.63, 3.8) is 0 Å². The Kier molecular flexibility index (Phi) is 3.20. The monoisotopic (exact) mass is 269 g/mol. The summed E-state index contributed by atoms with van der Waals surface area (Å²) in [6.07, 6.45) is 4.01. The fourth-order valence-electron chi connectivity index (χ4n) is 3.33. The standard InChI is InChI=1S/C17H19NO2/c1-10-8-11(2)17-14(9-10)12(6-7-16(19)20)13-4-3-5-15(13)18-17/h8-9H,3-7H2,1-2H3,(H,19,20). The van der Waals surface area contributed by atoms with Gasteiger partial charge in [-0.1, -0.05) is 11.6 Å². The predicted molar refractivity (Wildman–Crippen MR) is 79.2 cm³/mol. The Balaban J connectivity index is 2.25. The first-order chi connectivity index (χ1) is 9.56. The van der Waals surface area contributed by atoms with Crippen LogP contribution in [0.15, 0.2) is 12.1 Å². The molecule has 1 aromatic carbocycles. The first-order valence-corrected chi connectivity index (χ1v) is 7.19. The van der Waals surface area contributed by atoms with Crippen LogP contribution in [0, 0.1) is 13.8 Å². The van der Waals surface area contributed by atoms with Crippen molar-refractivity contribution in [2.24, 2.45) is 0 Å². The summed E-state index contributed by atoms with van der Waals surface area (Å²) in [5.41, 5.74) is 7.17. The lowest BCUT2D eigenvalue weighted by molar-refractivity contribution is -0.136. The van der Waals surface area contributed by atoms with Crippen LogP contribution in [0.2, 0.25) is 0 Å². The molecule has 3 nitrogen and oxygen atoms in total. The van der Waals surface area contributed by atoms with E-state index < -0.39 is 5.97 Å². The van der Waals surface area contributed by atoms with Crippen molar-refractivity contribution in [3.8, 4) is 0 Å². The molecule has 20 heavy (non-hydrogen) atoms.